The van der Waals surface area contributed by atoms with Crippen molar-refractivity contribution in [2.75, 3.05) is 18.5 Å². The van der Waals surface area contributed by atoms with Crippen molar-refractivity contribution >= 4 is 5.69 Å². The summed E-state index contributed by atoms with van der Waals surface area (Å²) in [5.41, 5.74) is 5.34. The summed E-state index contributed by atoms with van der Waals surface area (Å²) in [6, 6.07) is 17.1. The highest BCUT2D eigenvalue weighted by Crippen LogP contribution is 2.27. The number of anilines is 1. The summed E-state index contributed by atoms with van der Waals surface area (Å²) in [5, 5.41) is 3.55. The molecule has 2 aromatic carbocycles. The van der Waals surface area contributed by atoms with Gasteiger partial charge >= 0.3 is 0 Å². The number of para-hydroxylation sites is 1. The molecule has 1 aliphatic heterocycles. The van der Waals surface area contributed by atoms with Crippen LogP contribution in [0.1, 0.15) is 29.7 Å². The second-order valence-corrected chi connectivity index (χ2v) is 5.20. The van der Waals surface area contributed by atoms with Crippen molar-refractivity contribution in [3.8, 4) is 0 Å². The minimum atomic E-state index is 0.157. The topological polar surface area (TPSA) is 21.3 Å². The van der Waals surface area contributed by atoms with Crippen molar-refractivity contribution < 1.29 is 4.74 Å². The first-order valence-electron chi connectivity index (χ1n) is 7.39. The fourth-order valence-corrected chi connectivity index (χ4v) is 2.85. The van der Waals surface area contributed by atoms with E-state index in [-0.39, 0.29) is 6.10 Å². The van der Waals surface area contributed by atoms with E-state index in [0.29, 0.717) is 0 Å². The van der Waals surface area contributed by atoms with Crippen molar-refractivity contribution in [1.29, 1.82) is 0 Å². The first-order chi connectivity index (χ1) is 9.88. The van der Waals surface area contributed by atoms with Gasteiger partial charge in [0.15, 0.2) is 0 Å². The van der Waals surface area contributed by atoms with Gasteiger partial charge < -0.3 is 10.1 Å². The minimum Gasteiger partial charge on any atom is -0.382 e. The molecule has 0 saturated heterocycles. The summed E-state index contributed by atoms with van der Waals surface area (Å²) in [6.45, 7) is 3.83. The predicted molar refractivity (Wildman–Crippen MR) is 83.1 cm³/mol. The van der Waals surface area contributed by atoms with Gasteiger partial charge in [-0.3, -0.25) is 0 Å². The highest BCUT2D eigenvalue weighted by Gasteiger charge is 2.20. The van der Waals surface area contributed by atoms with Gasteiger partial charge in [0.05, 0.1) is 12.7 Å². The average molecular weight is 267 g/mol. The Hall–Kier alpha value is -1.80. The summed E-state index contributed by atoms with van der Waals surface area (Å²) in [4.78, 5) is 0. The molecule has 1 atom stereocenters. The molecule has 2 aromatic rings. The molecule has 1 N–H and O–H groups in total. The molecule has 0 radical (unpaired) electrons. The second-order valence-electron chi connectivity index (χ2n) is 5.20. The minimum absolute atomic E-state index is 0.157. The molecule has 1 aliphatic rings. The van der Waals surface area contributed by atoms with Crippen LogP contribution in [0.4, 0.5) is 5.69 Å². The van der Waals surface area contributed by atoms with Gasteiger partial charge in [-0.1, -0.05) is 49.4 Å². The lowest BCUT2D eigenvalue weighted by atomic mass is 9.97. The fraction of sp³-hybridized carbons (Fsp3) is 0.333. The van der Waals surface area contributed by atoms with Gasteiger partial charge in [0.25, 0.3) is 0 Å². The SMILES string of the molecule is CCc1ccccc1NCC1OCCc2ccccc21. The first kappa shape index (κ1) is 13.2. The van der Waals surface area contributed by atoms with E-state index in [4.69, 9.17) is 4.74 Å². The summed E-state index contributed by atoms with van der Waals surface area (Å²) < 4.78 is 5.94. The lowest BCUT2D eigenvalue weighted by Gasteiger charge is -2.27. The van der Waals surface area contributed by atoms with E-state index < -0.39 is 0 Å². The number of ether oxygens (including phenoxy) is 1. The Morgan fingerprint density at radius 1 is 1.10 bits per heavy atom. The molecular formula is C18H21NO. The third-order valence-corrected chi connectivity index (χ3v) is 3.97. The molecule has 1 heterocycles. The van der Waals surface area contributed by atoms with Crippen molar-refractivity contribution in [3.05, 3.63) is 65.2 Å². The third kappa shape index (κ3) is 2.70. The van der Waals surface area contributed by atoms with Gasteiger partial charge in [0, 0.05) is 12.2 Å². The van der Waals surface area contributed by atoms with Crippen LogP contribution < -0.4 is 5.32 Å². The molecule has 0 amide bonds. The first-order valence-corrected chi connectivity index (χ1v) is 7.39. The van der Waals surface area contributed by atoms with Gasteiger partial charge in [-0.25, -0.2) is 0 Å². The van der Waals surface area contributed by atoms with Gasteiger partial charge in [0.1, 0.15) is 0 Å². The van der Waals surface area contributed by atoms with E-state index in [9.17, 15) is 0 Å². The zero-order chi connectivity index (χ0) is 13.8. The molecule has 0 fully saturated rings. The van der Waals surface area contributed by atoms with Crippen LogP contribution in [-0.4, -0.2) is 13.2 Å². The molecule has 20 heavy (non-hydrogen) atoms. The predicted octanol–water partition coefficient (Wildman–Crippen LogP) is 3.97. The van der Waals surface area contributed by atoms with Crippen LogP contribution in [0.3, 0.4) is 0 Å². The number of aryl methyl sites for hydroxylation is 1. The van der Waals surface area contributed by atoms with Crippen LogP contribution in [0.2, 0.25) is 0 Å². The number of rotatable bonds is 4. The van der Waals surface area contributed by atoms with Crippen molar-refractivity contribution in [3.63, 3.8) is 0 Å². The highest BCUT2D eigenvalue weighted by molar-refractivity contribution is 5.51. The molecule has 0 saturated carbocycles. The maximum absolute atomic E-state index is 5.94. The number of hydrogen-bond acceptors (Lipinski definition) is 2. The van der Waals surface area contributed by atoms with Gasteiger partial charge in [-0.15, -0.1) is 0 Å². The summed E-state index contributed by atoms with van der Waals surface area (Å²) in [5.74, 6) is 0. The van der Waals surface area contributed by atoms with E-state index in [0.717, 1.165) is 26.0 Å². The molecule has 2 nitrogen and oxygen atoms in total. The van der Waals surface area contributed by atoms with E-state index in [2.05, 4.69) is 60.8 Å². The maximum Gasteiger partial charge on any atom is 0.0999 e. The van der Waals surface area contributed by atoms with Crippen LogP contribution in [0.5, 0.6) is 0 Å². The lowest BCUT2D eigenvalue weighted by Crippen LogP contribution is -2.23. The monoisotopic (exact) mass is 267 g/mol. The molecular weight excluding hydrogens is 246 g/mol. The molecule has 0 aromatic heterocycles. The largest absolute Gasteiger partial charge is 0.382 e. The van der Waals surface area contributed by atoms with Gasteiger partial charge in [0.2, 0.25) is 0 Å². The number of hydrogen-bond donors (Lipinski definition) is 1. The molecule has 104 valence electrons. The molecule has 2 heteroatoms. The Labute approximate surface area is 120 Å². The molecule has 3 rings (SSSR count). The van der Waals surface area contributed by atoms with Gasteiger partial charge in [-0.2, -0.15) is 0 Å². The lowest BCUT2D eigenvalue weighted by molar-refractivity contribution is 0.0513. The normalized spacial score (nSPS) is 17.6. The van der Waals surface area contributed by atoms with E-state index >= 15 is 0 Å². The summed E-state index contributed by atoms with van der Waals surface area (Å²) >= 11 is 0. The standard InChI is InChI=1S/C18H21NO/c1-2-14-7-4-6-10-17(14)19-13-18-16-9-5-3-8-15(16)11-12-20-18/h3-10,18-19H,2,11-13H2,1H3. The molecule has 0 aliphatic carbocycles. The molecule has 1 unspecified atom stereocenters. The quantitative estimate of drug-likeness (QED) is 0.905. The van der Waals surface area contributed by atoms with Crippen LogP contribution in [-0.2, 0) is 17.6 Å². The maximum atomic E-state index is 5.94. The highest BCUT2D eigenvalue weighted by atomic mass is 16.5. The van der Waals surface area contributed by atoms with Crippen LogP contribution in [0.25, 0.3) is 0 Å². The number of fused-ring (bicyclic) bond motifs is 1. The molecule has 0 bridgehead atoms. The zero-order valence-corrected chi connectivity index (χ0v) is 11.9. The van der Waals surface area contributed by atoms with E-state index in [1.807, 2.05) is 0 Å². The van der Waals surface area contributed by atoms with Crippen molar-refractivity contribution in [2.24, 2.45) is 0 Å². The Morgan fingerprint density at radius 3 is 2.80 bits per heavy atom. The van der Waals surface area contributed by atoms with Gasteiger partial charge in [-0.05, 0) is 35.6 Å². The fourth-order valence-electron chi connectivity index (χ4n) is 2.85. The van der Waals surface area contributed by atoms with Crippen molar-refractivity contribution in [1.82, 2.24) is 0 Å². The van der Waals surface area contributed by atoms with E-state index in [1.165, 1.54) is 22.4 Å². The Bertz CT molecular complexity index is 579. The Morgan fingerprint density at radius 2 is 1.90 bits per heavy atom. The second kappa shape index (κ2) is 6.10. The average Bonchev–Trinajstić information content (AvgIpc) is 2.53. The van der Waals surface area contributed by atoms with Crippen LogP contribution >= 0.6 is 0 Å². The number of nitrogens with one attached hydrogen (secondary N) is 1. The van der Waals surface area contributed by atoms with Crippen LogP contribution in [0, 0.1) is 0 Å². The summed E-state index contributed by atoms with van der Waals surface area (Å²) in [7, 11) is 0. The van der Waals surface area contributed by atoms with Crippen molar-refractivity contribution in [2.45, 2.75) is 25.9 Å². The Balaban J connectivity index is 1.73. The molecule has 0 spiro atoms. The Kier molecular flexibility index (Phi) is 4.03. The zero-order valence-electron chi connectivity index (χ0n) is 11.9. The third-order valence-electron chi connectivity index (χ3n) is 3.97. The van der Waals surface area contributed by atoms with Crippen LogP contribution in [0.15, 0.2) is 48.5 Å². The number of benzene rings is 2. The van der Waals surface area contributed by atoms with E-state index in [1.54, 1.807) is 0 Å². The smallest absolute Gasteiger partial charge is 0.0999 e. The summed E-state index contributed by atoms with van der Waals surface area (Å²) in [6.07, 6.45) is 2.23.